The van der Waals surface area contributed by atoms with Crippen molar-refractivity contribution in [2.45, 2.75) is 38.5 Å². The Kier molecular flexibility index (Phi) is 4.20. The minimum absolute atomic E-state index is 0.0422. The highest BCUT2D eigenvalue weighted by molar-refractivity contribution is 7.12. The van der Waals surface area contributed by atoms with Gasteiger partial charge in [0.2, 0.25) is 0 Å². The molecule has 0 aliphatic heterocycles. The molecule has 3 nitrogen and oxygen atoms in total. The lowest BCUT2D eigenvalue weighted by molar-refractivity contribution is -0.144. The van der Waals surface area contributed by atoms with E-state index in [9.17, 15) is 9.59 Å². The maximum atomic E-state index is 11.9. The SMILES string of the molecule is CCC[C@@]1(CC(=O)OCC)C=CC(=O)c2sccc21. The molecule has 0 saturated carbocycles. The van der Waals surface area contributed by atoms with Gasteiger partial charge in [-0.3, -0.25) is 9.59 Å². The van der Waals surface area contributed by atoms with Crippen LogP contribution in [0.15, 0.2) is 23.6 Å². The average molecular weight is 278 g/mol. The number of ketones is 1. The first-order valence-corrected chi connectivity index (χ1v) is 7.48. The summed E-state index contributed by atoms with van der Waals surface area (Å²) < 4.78 is 5.08. The molecule has 0 fully saturated rings. The van der Waals surface area contributed by atoms with Crippen molar-refractivity contribution in [3.8, 4) is 0 Å². The monoisotopic (exact) mass is 278 g/mol. The third kappa shape index (κ3) is 2.63. The number of thiophene rings is 1. The number of carbonyl (C=O) groups is 2. The lowest BCUT2D eigenvalue weighted by atomic mass is 9.71. The topological polar surface area (TPSA) is 43.4 Å². The Morgan fingerprint density at radius 2 is 2.21 bits per heavy atom. The van der Waals surface area contributed by atoms with Crippen LogP contribution in [0.2, 0.25) is 0 Å². The fourth-order valence-corrected chi connectivity index (χ4v) is 3.59. The molecular formula is C15H18O3S. The summed E-state index contributed by atoms with van der Waals surface area (Å²) in [6, 6.07) is 1.97. The van der Waals surface area contributed by atoms with E-state index in [4.69, 9.17) is 4.74 Å². The van der Waals surface area contributed by atoms with E-state index < -0.39 is 0 Å². The van der Waals surface area contributed by atoms with Gasteiger partial charge >= 0.3 is 5.97 Å². The Morgan fingerprint density at radius 3 is 2.89 bits per heavy atom. The average Bonchev–Trinajstić information content (AvgIpc) is 2.85. The number of fused-ring (bicyclic) bond motifs is 1. The number of ether oxygens (including phenoxy) is 1. The van der Waals surface area contributed by atoms with Gasteiger partial charge in [0.25, 0.3) is 0 Å². The van der Waals surface area contributed by atoms with E-state index in [1.54, 1.807) is 13.0 Å². The third-order valence-corrected chi connectivity index (χ3v) is 4.37. The number of rotatable bonds is 5. The van der Waals surface area contributed by atoms with Crippen LogP contribution in [0, 0.1) is 0 Å². The zero-order valence-corrected chi connectivity index (χ0v) is 12.1. The molecule has 0 spiro atoms. The molecule has 0 unspecified atom stereocenters. The van der Waals surface area contributed by atoms with Crippen LogP contribution in [0.5, 0.6) is 0 Å². The quantitative estimate of drug-likeness (QED) is 0.774. The summed E-state index contributed by atoms with van der Waals surface area (Å²) in [4.78, 5) is 24.5. The van der Waals surface area contributed by atoms with Crippen molar-refractivity contribution >= 4 is 23.1 Å². The van der Waals surface area contributed by atoms with Crippen LogP contribution in [0.25, 0.3) is 0 Å². The van der Waals surface area contributed by atoms with E-state index in [1.165, 1.54) is 11.3 Å². The Hall–Kier alpha value is -1.42. The van der Waals surface area contributed by atoms with Gasteiger partial charge < -0.3 is 4.74 Å². The fraction of sp³-hybridized carbons (Fsp3) is 0.467. The molecular weight excluding hydrogens is 260 g/mol. The minimum atomic E-state index is -0.371. The second kappa shape index (κ2) is 5.70. The van der Waals surface area contributed by atoms with E-state index in [-0.39, 0.29) is 17.2 Å². The van der Waals surface area contributed by atoms with Crippen molar-refractivity contribution < 1.29 is 14.3 Å². The molecule has 1 aliphatic carbocycles. The van der Waals surface area contributed by atoms with Crippen molar-refractivity contribution in [2.24, 2.45) is 0 Å². The summed E-state index contributed by atoms with van der Waals surface area (Å²) in [5.41, 5.74) is 0.615. The maximum absolute atomic E-state index is 11.9. The summed E-state index contributed by atoms with van der Waals surface area (Å²) in [5, 5.41) is 1.92. The van der Waals surface area contributed by atoms with E-state index in [2.05, 4.69) is 6.92 Å². The molecule has 1 aliphatic rings. The Morgan fingerprint density at radius 1 is 1.42 bits per heavy atom. The van der Waals surface area contributed by atoms with Gasteiger partial charge in [0.15, 0.2) is 5.78 Å². The molecule has 102 valence electrons. The van der Waals surface area contributed by atoms with Gasteiger partial charge in [0.1, 0.15) is 0 Å². The molecule has 4 heteroatoms. The van der Waals surface area contributed by atoms with Crippen LogP contribution in [0.4, 0.5) is 0 Å². The molecule has 0 saturated heterocycles. The molecule has 0 radical (unpaired) electrons. The molecule has 0 aromatic carbocycles. The molecule has 0 amide bonds. The summed E-state index contributed by atoms with van der Waals surface area (Å²) in [6.45, 7) is 4.28. The first-order valence-electron chi connectivity index (χ1n) is 6.60. The van der Waals surface area contributed by atoms with Gasteiger partial charge in [0, 0.05) is 5.41 Å². The minimum Gasteiger partial charge on any atom is -0.466 e. The molecule has 2 rings (SSSR count). The molecule has 19 heavy (non-hydrogen) atoms. The van der Waals surface area contributed by atoms with Gasteiger partial charge in [-0.2, -0.15) is 0 Å². The second-order valence-electron chi connectivity index (χ2n) is 4.75. The van der Waals surface area contributed by atoms with Gasteiger partial charge in [-0.15, -0.1) is 11.3 Å². The maximum Gasteiger partial charge on any atom is 0.306 e. The van der Waals surface area contributed by atoms with Crippen molar-refractivity contribution in [3.05, 3.63) is 34.0 Å². The highest BCUT2D eigenvalue weighted by atomic mass is 32.1. The van der Waals surface area contributed by atoms with E-state index >= 15 is 0 Å². The predicted octanol–water partition coefficient (Wildman–Crippen LogP) is 3.49. The number of allylic oxidation sites excluding steroid dienone is 2. The molecule has 0 N–H and O–H groups in total. The number of hydrogen-bond donors (Lipinski definition) is 0. The van der Waals surface area contributed by atoms with Crippen molar-refractivity contribution in [3.63, 3.8) is 0 Å². The summed E-state index contributed by atoms with van der Waals surface area (Å²) in [7, 11) is 0. The van der Waals surface area contributed by atoms with E-state index in [0.717, 1.165) is 23.3 Å². The molecule has 1 atom stereocenters. The summed E-state index contributed by atoms with van der Waals surface area (Å²) in [5.74, 6) is -0.160. The van der Waals surface area contributed by atoms with Crippen LogP contribution in [0.3, 0.4) is 0 Å². The third-order valence-electron chi connectivity index (χ3n) is 3.44. The lowest BCUT2D eigenvalue weighted by Gasteiger charge is -2.32. The Balaban J connectivity index is 2.37. The van der Waals surface area contributed by atoms with Crippen molar-refractivity contribution in [1.82, 2.24) is 0 Å². The van der Waals surface area contributed by atoms with Gasteiger partial charge in [-0.1, -0.05) is 19.4 Å². The Labute approximate surface area is 117 Å². The van der Waals surface area contributed by atoms with Crippen molar-refractivity contribution in [2.75, 3.05) is 6.61 Å². The number of hydrogen-bond acceptors (Lipinski definition) is 4. The van der Waals surface area contributed by atoms with Crippen LogP contribution in [-0.4, -0.2) is 18.4 Å². The second-order valence-corrected chi connectivity index (χ2v) is 5.67. The molecule has 0 bridgehead atoms. The van der Waals surface area contributed by atoms with Crippen LogP contribution in [0.1, 0.15) is 48.3 Å². The first kappa shape index (κ1) is 14.0. The molecule has 1 aromatic rings. The smallest absolute Gasteiger partial charge is 0.306 e. The van der Waals surface area contributed by atoms with E-state index in [1.807, 2.05) is 17.5 Å². The van der Waals surface area contributed by atoms with Crippen molar-refractivity contribution in [1.29, 1.82) is 0 Å². The van der Waals surface area contributed by atoms with Crippen LogP contribution < -0.4 is 0 Å². The summed E-state index contributed by atoms with van der Waals surface area (Å²) >= 11 is 1.45. The molecule has 1 aromatic heterocycles. The summed E-state index contributed by atoms with van der Waals surface area (Å²) in [6.07, 6.45) is 5.60. The highest BCUT2D eigenvalue weighted by Crippen LogP contribution is 2.42. The van der Waals surface area contributed by atoms with Crippen LogP contribution in [-0.2, 0) is 14.9 Å². The van der Waals surface area contributed by atoms with E-state index in [0.29, 0.717) is 13.0 Å². The zero-order chi connectivity index (χ0) is 13.9. The van der Waals surface area contributed by atoms with Gasteiger partial charge in [-0.05, 0) is 36.4 Å². The number of carbonyl (C=O) groups excluding carboxylic acids is 2. The standard InChI is InChI=1S/C15H18O3S/c1-3-7-15(10-13(17)18-4-2)8-5-12(16)14-11(15)6-9-19-14/h5-6,8-9H,3-4,7,10H2,1-2H3/t15-/m0/s1. The highest BCUT2D eigenvalue weighted by Gasteiger charge is 2.38. The number of esters is 1. The first-order chi connectivity index (χ1) is 9.13. The fourth-order valence-electron chi connectivity index (χ4n) is 2.67. The normalized spacial score (nSPS) is 21.3. The Bertz CT molecular complexity index is 515. The largest absolute Gasteiger partial charge is 0.466 e. The molecule has 1 heterocycles. The van der Waals surface area contributed by atoms with Gasteiger partial charge in [0.05, 0.1) is 17.9 Å². The van der Waals surface area contributed by atoms with Gasteiger partial charge in [-0.25, -0.2) is 0 Å². The lowest BCUT2D eigenvalue weighted by Crippen LogP contribution is -2.31. The van der Waals surface area contributed by atoms with Crippen LogP contribution >= 0.6 is 11.3 Å². The predicted molar refractivity (Wildman–Crippen MR) is 75.6 cm³/mol. The zero-order valence-electron chi connectivity index (χ0n) is 11.3.